The number of rotatable bonds is 7. The van der Waals surface area contributed by atoms with Crippen molar-refractivity contribution in [3.8, 4) is 0 Å². The van der Waals surface area contributed by atoms with Crippen molar-refractivity contribution in [2.24, 2.45) is 5.92 Å². The summed E-state index contributed by atoms with van der Waals surface area (Å²) in [5.74, 6) is 2.05. The minimum atomic E-state index is 0.519. The molecule has 1 aliphatic rings. The highest BCUT2D eigenvalue weighted by Gasteiger charge is 2.24. The molecule has 2 rings (SSSR count). The monoisotopic (exact) mass is 261 g/mol. The number of nitrogens with one attached hydrogen (secondary N) is 1. The molecule has 0 bridgehead atoms. The molecule has 106 valence electrons. The van der Waals surface area contributed by atoms with Gasteiger partial charge in [0, 0.05) is 31.4 Å². The van der Waals surface area contributed by atoms with E-state index >= 15 is 0 Å². The Morgan fingerprint density at radius 2 is 2.11 bits per heavy atom. The van der Waals surface area contributed by atoms with Gasteiger partial charge in [-0.05, 0) is 50.3 Å². The van der Waals surface area contributed by atoms with Crippen LogP contribution in [0.1, 0.15) is 44.9 Å². The Balaban J connectivity index is 2.09. The fourth-order valence-corrected chi connectivity index (χ4v) is 2.30. The van der Waals surface area contributed by atoms with Gasteiger partial charge in [0.1, 0.15) is 5.82 Å². The zero-order valence-corrected chi connectivity index (χ0v) is 12.7. The highest BCUT2D eigenvalue weighted by atomic mass is 15.2. The van der Waals surface area contributed by atoms with E-state index in [1.165, 1.54) is 24.9 Å². The van der Waals surface area contributed by atoms with Crippen molar-refractivity contribution in [1.29, 1.82) is 0 Å². The average Bonchev–Trinajstić information content (AvgIpc) is 3.16. The Labute approximate surface area is 117 Å². The molecule has 0 radical (unpaired) electrons. The molecule has 1 aromatic rings. The first-order valence-corrected chi connectivity index (χ1v) is 7.54. The highest BCUT2D eigenvalue weighted by molar-refractivity contribution is 5.42. The van der Waals surface area contributed by atoms with Crippen LogP contribution in [-0.4, -0.2) is 24.1 Å². The van der Waals surface area contributed by atoms with Gasteiger partial charge in [-0.1, -0.05) is 13.8 Å². The number of anilines is 1. The second-order valence-corrected chi connectivity index (χ2v) is 5.99. The third-order valence-corrected chi connectivity index (χ3v) is 3.60. The lowest BCUT2D eigenvalue weighted by molar-refractivity contribution is 0.588. The van der Waals surface area contributed by atoms with E-state index in [9.17, 15) is 0 Å². The normalized spacial score (nSPS) is 15.0. The van der Waals surface area contributed by atoms with Crippen LogP contribution in [0.25, 0.3) is 0 Å². The van der Waals surface area contributed by atoms with E-state index in [4.69, 9.17) is 4.98 Å². The number of hydrogen-bond donors (Lipinski definition) is 1. The van der Waals surface area contributed by atoms with Crippen molar-refractivity contribution in [2.75, 3.05) is 18.0 Å². The van der Waals surface area contributed by atoms with Crippen LogP contribution in [0.15, 0.2) is 12.1 Å². The first-order valence-electron chi connectivity index (χ1n) is 7.54. The number of aryl methyl sites for hydroxylation is 1. The van der Waals surface area contributed by atoms with Gasteiger partial charge < -0.3 is 10.2 Å². The summed E-state index contributed by atoms with van der Waals surface area (Å²) in [6.07, 6.45) is 2.79. The van der Waals surface area contributed by atoms with Crippen LogP contribution in [0.4, 0.5) is 5.82 Å². The summed E-state index contributed by atoms with van der Waals surface area (Å²) < 4.78 is 0. The molecule has 1 aliphatic carbocycles. The van der Waals surface area contributed by atoms with Crippen LogP contribution < -0.4 is 10.2 Å². The van der Waals surface area contributed by atoms with Gasteiger partial charge >= 0.3 is 0 Å². The van der Waals surface area contributed by atoms with Gasteiger partial charge in [-0.3, -0.25) is 0 Å². The van der Waals surface area contributed by atoms with Crippen LogP contribution in [0.5, 0.6) is 0 Å². The molecule has 0 unspecified atom stereocenters. The van der Waals surface area contributed by atoms with Crippen molar-refractivity contribution in [3.63, 3.8) is 0 Å². The molecule has 1 saturated carbocycles. The van der Waals surface area contributed by atoms with E-state index in [-0.39, 0.29) is 0 Å². The molecule has 0 saturated heterocycles. The topological polar surface area (TPSA) is 28.2 Å². The largest absolute Gasteiger partial charge is 0.357 e. The summed E-state index contributed by atoms with van der Waals surface area (Å²) in [7, 11) is 0. The predicted molar refractivity (Wildman–Crippen MR) is 81.6 cm³/mol. The minimum Gasteiger partial charge on any atom is -0.357 e. The Morgan fingerprint density at radius 3 is 2.68 bits per heavy atom. The molecule has 0 atom stereocenters. The van der Waals surface area contributed by atoms with E-state index in [1.54, 1.807) is 0 Å². The Morgan fingerprint density at radius 1 is 1.37 bits per heavy atom. The smallest absolute Gasteiger partial charge is 0.129 e. The quantitative estimate of drug-likeness (QED) is 0.817. The van der Waals surface area contributed by atoms with Crippen molar-refractivity contribution in [2.45, 2.75) is 53.1 Å². The molecule has 0 aliphatic heterocycles. The Kier molecular flexibility index (Phi) is 4.81. The summed E-state index contributed by atoms with van der Waals surface area (Å²) in [6.45, 7) is 11.8. The summed E-state index contributed by atoms with van der Waals surface area (Å²) in [4.78, 5) is 7.13. The zero-order valence-electron chi connectivity index (χ0n) is 12.7. The van der Waals surface area contributed by atoms with Crippen molar-refractivity contribution in [3.05, 3.63) is 23.4 Å². The number of pyridine rings is 1. The van der Waals surface area contributed by atoms with E-state index in [1.807, 2.05) is 0 Å². The first-order chi connectivity index (χ1) is 9.08. The maximum Gasteiger partial charge on any atom is 0.129 e. The number of hydrogen-bond acceptors (Lipinski definition) is 3. The zero-order chi connectivity index (χ0) is 13.8. The first kappa shape index (κ1) is 14.3. The van der Waals surface area contributed by atoms with Gasteiger partial charge in [-0.15, -0.1) is 0 Å². The summed E-state index contributed by atoms with van der Waals surface area (Å²) >= 11 is 0. The second kappa shape index (κ2) is 6.38. The Hall–Kier alpha value is -1.09. The van der Waals surface area contributed by atoms with Gasteiger partial charge in [-0.2, -0.15) is 0 Å². The SMILES string of the molecule is CCN(CC1CC1)c1cc(CNC(C)C)cc(C)n1. The molecule has 0 spiro atoms. The second-order valence-electron chi connectivity index (χ2n) is 5.99. The van der Waals surface area contributed by atoms with Crippen LogP contribution in [0.3, 0.4) is 0 Å². The third-order valence-electron chi connectivity index (χ3n) is 3.60. The molecule has 1 aromatic heterocycles. The maximum absolute atomic E-state index is 4.71. The molecule has 3 heteroatoms. The average molecular weight is 261 g/mol. The molecular formula is C16H27N3. The minimum absolute atomic E-state index is 0.519. The van der Waals surface area contributed by atoms with Crippen molar-refractivity contribution in [1.82, 2.24) is 10.3 Å². The molecular weight excluding hydrogens is 234 g/mol. The summed E-state index contributed by atoms with van der Waals surface area (Å²) in [6, 6.07) is 4.95. The van der Waals surface area contributed by atoms with Crippen LogP contribution in [-0.2, 0) is 6.54 Å². The fraction of sp³-hybridized carbons (Fsp3) is 0.688. The molecule has 19 heavy (non-hydrogen) atoms. The lowest BCUT2D eigenvalue weighted by Gasteiger charge is -2.23. The van der Waals surface area contributed by atoms with Crippen LogP contribution >= 0.6 is 0 Å². The van der Waals surface area contributed by atoms with Gasteiger partial charge in [0.05, 0.1) is 0 Å². The van der Waals surface area contributed by atoms with Crippen molar-refractivity contribution < 1.29 is 0 Å². The van der Waals surface area contributed by atoms with E-state index < -0.39 is 0 Å². The molecule has 0 aromatic carbocycles. The molecule has 1 N–H and O–H groups in total. The lowest BCUT2D eigenvalue weighted by atomic mass is 10.2. The molecule has 3 nitrogen and oxygen atoms in total. The van der Waals surface area contributed by atoms with Gasteiger partial charge in [0.25, 0.3) is 0 Å². The lowest BCUT2D eigenvalue weighted by Crippen LogP contribution is -2.27. The predicted octanol–water partition coefficient (Wildman–Crippen LogP) is 3.12. The Bertz CT molecular complexity index is 410. The molecule has 1 heterocycles. The number of aromatic nitrogens is 1. The third kappa shape index (κ3) is 4.50. The van der Waals surface area contributed by atoms with Gasteiger partial charge in [0.2, 0.25) is 0 Å². The summed E-state index contributed by atoms with van der Waals surface area (Å²) in [5.41, 5.74) is 2.46. The molecule has 1 fully saturated rings. The highest BCUT2D eigenvalue weighted by Crippen LogP contribution is 2.31. The van der Waals surface area contributed by atoms with E-state index in [0.717, 1.165) is 30.5 Å². The van der Waals surface area contributed by atoms with Gasteiger partial charge in [0.15, 0.2) is 0 Å². The van der Waals surface area contributed by atoms with Crippen molar-refractivity contribution >= 4 is 5.82 Å². The van der Waals surface area contributed by atoms with Gasteiger partial charge in [-0.25, -0.2) is 4.98 Å². The van der Waals surface area contributed by atoms with E-state index in [0.29, 0.717) is 6.04 Å². The van der Waals surface area contributed by atoms with Crippen LogP contribution in [0, 0.1) is 12.8 Å². The fourth-order valence-electron chi connectivity index (χ4n) is 2.30. The molecule has 0 amide bonds. The number of nitrogens with zero attached hydrogens (tertiary/aromatic N) is 2. The standard InChI is InChI=1S/C16H27N3/c1-5-19(11-14-6-7-14)16-9-15(8-13(4)18-16)10-17-12(2)3/h8-9,12,14,17H,5-7,10-11H2,1-4H3. The maximum atomic E-state index is 4.71. The van der Waals surface area contributed by atoms with E-state index in [2.05, 4.69) is 50.0 Å². The van der Waals surface area contributed by atoms with Crippen LogP contribution in [0.2, 0.25) is 0 Å². The summed E-state index contributed by atoms with van der Waals surface area (Å²) in [5, 5.41) is 3.48.